The number of ketones is 1. The molecule has 0 unspecified atom stereocenters. The van der Waals surface area contributed by atoms with Crippen molar-refractivity contribution in [2.75, 3.05) is 0 Å². The van der Waals surface area contributed by atoms with Gasteiger partial charge in [0, 0.05) is 32.9 Å². The summed E-state index contributed by atoms with van der Waals surface area (Å²) >= 11 is 2.28. The number of allylic oxidation sites excluding steroid dienone is 3. The molecule has 1 atom stereocenters. The Bertz CT molecular complexity index is 922. The highest BCUT2D eigenvalue weighted by molar-refractivity contribution is 14.1. The van der Waals surface area contributed by atoms with Gasteiger partial charge < -0.3 is 10.1 Å². The number of Topliss-reactive ketones (excluding diaryl/α,β-unsaturated/α-hetero) is 1. The first-order valence-electron chi connectivity index (χ1n) is 10.5. The van der Waals surface area contributed by atoms with Crippen LogP contribution in [0.2, 0.25) is 0 Å². The van der Waals surface area contributed by atoms with E-state index in [-0.39, 0.29) is 29.2 Å². The summed E-state index contributed by atoms with van der Waals surface area (Å²) in [5.41, 5.74) is 4.00. The molecule has 4 rings (SSSR count). The van der Waals surface area contributed by atoms with E-state index in [1.807, 2.05) is 25.1 Å². The minimum absolute atomic E-state index is 0.00396. The van der Waals surface area contributed by atoms with Gasteiger partial charge in [0.1, 0.15) is 6.10 Å². The summed E-state index contributed by atoms with van der Waals surface area (Å²) in [6, 6.07) is 8.11. The topological polar surface area (TPSA) is 55.4 Å². The van der Waals surface area contributed by atoms with E-state index in [1.165, 1.54) is 0 Å². The van der Waals surface area contributed by atoms with Crippen LogP contribution in [0.3, 0.4) is 0 Å². The van der Waals surface area contributed by atoms with E-state index < -0.39 is 0 Å². The number of carbonyl (C=O) groups is 2. The zero-order valence-electron chi connectivity index (χ0n) is 17.3. The molecule has 0 spiro atoms. The van der Waals surface area contributed by atoms with Gasteiger partial charge in [-0.25, -0.2) is 4.79 Å². The number of ether oxygens (including phenoxy) is 1. The molecule has 3 aliphatic rings. The number of hydrogen-bond donors (Lipinski definition) is 1. The van der Waals surface area contributed by atoms with Crippen LogP contribution in [0.4, 0.5) is 0 Å². The van der Waals surface area contributed by atoms with Crippen molar-refractivity contribution in [3.63, 3.8) is 0 Å². The molecular formula is C24H28INO3. The summed E-state index contributed by atoms with van der Waals surface area (Å²) in [6.45, 7) is 6.18. The Kier molecular flexibility index (Phi) is 5.62. The third-order valence-corrected chi connectivity index (χ3v) is 6.89. The van der Waals surface area contributed by atoms with Crippen LogP contribution in [0.25, 0.3) is 0 Å². The molecule has 1 heterocycles. The van der Waals surface area contributed by atoms with E-state index in [0.717, 1.165) is 58.2 Å². The minimum Gasteiger partial charge on any atom is -0.459 e. The van der Waals surface area contributed by atoms with Crippen molar-refractivity contribution in [3.05, 3.63) is 55.9 Å². The third-order valence-electron chi connectivity index (χ3n) is 6.22. The maximum Gasteiger partial charge on any atom is 0.337 e. The number of carbonyl (C=O) groups excluding carboxylic acids is 2. The van der Waals surface area contributed by atoms with Crippen molar-refractivity contribution in [1.29, 1.82) is 0 Å². The fourth-order valence-electron chi connectivity index (χ4n) is 4.95. The van der Waals surface area contributed by atoms with Crippen molar-refractivity contribution in [2.24, 2.45) is 5.41 Å². The highest BCUT2D eigenvalue weighted by Gasteiger charge is 2.43. The Balaban J connectivity index is 1.79. The summed E-state index contributed by atoms with van der Waals surface area (Å²) in [6.07, 6.45) is 5.38. The Morgan fingerprint density at radius 2 is 1.93 bits per heavy atom. The van der Waals surface area contributed by atoms with Crippen LogP contribution < -0.4 is 5.32 Å². The van der Waals surface area contributed by atoms with Gasteiger partial charge in [0.25, 0.3) is 0 Å². The molecule has 5 heteroatoms. The molecule has 0 amide bonds. The normalized spacial score (nSPS) is 24.4. The number of rotatable bonds is 3. The maximum absolute atomic E-state index is 13.3. The third kappa shape index (κ3) is 4.16. The lowest BCUT2D eigenvalue weighted by atomic mass is 9.68. The molecule has 1 aromatic rings. The van der Waals surface area contributed by atoms with Crippen LogP contribution in [0, 0.1) is 8.99 Å². The molecule has 1 fully saturated rings. The van der Waals surface area contributed by atoms with E-state index in [4.69, 9.17) is 4.74 Å². The summed E-state index contributed by atoms with van der Waals surface area (Å²) in [4.78, 5) is 26.5. The predicted octanol–water partition coefficient (Wildman–Crippen LogP) is 5.38. The summed E-state index contributed by atoms with van der Waals surface area (Å²) in [7, 11) is 0. The fourth-order valence-corrected chi connectivity index (χ4v) is 5.51. The summed E-state index contributed by atoms with van der Waals surface area (Å²) < 4.78 is 6.97. The van der Waals surface area contributed by atoms with E-state index in [1.54, 1.807) is 0 Å². The van der Waals surface area contributed by atoms with Crippen LogP contribution in [0.15, 0.2) is 46.8 Å². The molecule has 1 saturated carbocycles. The minimum atomic E-state index is -0.363. The summed E-state index contributed by atoms with van der Waals surface area (Å²) in [5, 5.41) is 3.41. The quantitative estimate of drug-likeness (QED) is 0.443. The summed E-state index contributed by atoms with van der Waals surface area (Å²) in [5.74, 6) is -0.514. The molecule has 2 aliphatic carbocycles. The smallest absolute Gasteiger partial charge is 0.337 e. The number of dihydropyridines is 1. The van der Waals surface area contributed by atoms with Gasteiger partial charge in [-0.05, 0) is 84.7 Å². The number of benzene rings is 1. The second-order valence-electron chi connectivity index (χ2n) is 9.30. The first kappa shape index (κ1) is 20.6. The van der Waals surface area contributed by atoms with Crippen molar-refractivity contribution in [3.8, 4) is 0 Å². The van der Waals surface area contributed by atoms with Crippen LogP contribution in [-0.2, 0) is 14.3 Å². The molecule has 154 valence electrons. The van der Waals surface area contributed by atoms with Gasteiger partial charge >= 0.3 is 5.97 Å². The Hall–Kier alpha value is -1.63. The Labute approximate surface area is 186 Å². The average Bonchev–Trinajstić information content (AvgIpc) is 3.12. The first-order chi connectivity index (χ1) is 13.7. The monoisotopic (exact) mass is 505 g/mol. The Morgan fingerprint density at radius 3 is 2.62 bits per heavy atom. The highest BCUT2D eigenvalue weighted by atomic mass is 127. The highest BCUT2D eigenvalue weighted by Crippen LogP contribution is 2.47. The van der Waals surface area contributed by atoms with Gasteiger partial charge in [0.15, 0.2) is 5.78 Å². The molecule has 29 heavy (non-hydrogen) atoms. The lowest BCUT2D eigenvalue weighted by Crippen LogP contribution is -2.39. The lowest BCUT2D eigenvalue weighted by Gasteiger charge is -2.39. The van der Waals surface area contributed by atoms with Gasteiger partial charge in [-0.1, -0.05) is 26.0 Å². The molecule has 4 nitrogen and oxygen atoms in total. The molecule has 0 bridgehead atoms. The van der Waals surface area contributed by atoms with E-state index in [9.17, 15) is 9.59 Å². The van der Waals surface area contributed by atoms with Gasteiger partial charge in [-0.3, -0.25) is 4.79 Å². The molecule has 0 saturated heterocycles. The molecule has 1 N–H and O–H groups in total. The molecule has 0 aromatic heterocycles. The molecule has 0 radical (unpaired) electrons. The number of nitrogens with one attached hydrogen (secondary N) is 1. The second kappa shape index (κ2) is 7.89. The molecule has 1 aromatic carbocycles. The fraction of sp³-hybridized carbons (Fsp3) is 0.500. The van der Waals surface area contributed by atoms with Gasteiger partial charge in [0.05, 0.1) is 5.57 Å². The van der Waals surface area contributed by atoms with E-state index >= 15 is 0 Å². The van der Waals surface area contributed by atoms with E-state index in [0.29, 0.717) is 12.0 Å². The van der Waals surface area contributed by atoms with Crippen molar-refractivity contribution in [2.45, 2.75) is 71.3 Å². The lowest BCUT2D eigenvalue weighted by molar-refractivity contribution is -0.144. The maximum atomic E-state index is 13.3. The zero-order valence-corrected chi connectivity index (χ0v) is 19.5. The van der Waals surface area contributed by atoms with E-state index in [2.05, 4.69) is 47.8 Å². The number of halogens is 1. The largest absolute Gasteiger partial charge is 0.459 e. The molecule has 1 aliphatic heterocycles. The van der Waals surface area contributed by atoms with Gasteiger partial charge in [0.2, 0.25) is 0 Å². The average molecular weight is 505 g/mol. The van der Waals surface area contributed by atoms with Crippen LogP contribution in [0.1, 0.15) is 70.8 Å². The van der Waals surface area contributed by atoms with Crippen LogP contribution in [0.5, 0.6) is 0 Å². The number of esters is 1. The van der Waals surface area contributed by atoms with Crippen molar-refractivity contribution in [1.82, 2.24) is 5.32 Å². The first-order valence-corrected chi connectivity index (χ1v) is 11.5. The second-order valence-corrected chi connectivity index (χ2v) is 10.5. The predicted molar refractivity (Wildman–Crippen MR) is 121 cm³/mol. The van der Waals surface area contributed by atoms with Crippen molar-refractivity contribution < 1.29 is 14.3 Å². The van der Waals surface area contributed by atoms with Crippen LogP contribution >= 0.6 is 22.6 Å². The molecular weight excluding hydrogens is 477 g/mol. The SMILES string of the molecule is CC1=C(C(=O)OC2CCCC2)[C@@H](c2cccc(I)c2)C2=C(CC(C)(C)CC2=O)N1. The Morgan fingerprint density at radius 1 is 1.21 bits per heavy atom. The van der Waals surface area contributed by atoms with Crippen molar-refractivity contribution >= 4 is 34.3 Å². The van der Waals surface area contributed by atoms with Crippen LogP contribution in [-0.4, -0.2) is 17.9 Å². The van der Waals surface area contributed by atoms with Gasteiger partial charge in [-0.2, -0.15) is 0 Å². The van der Waals surface area contributed by atoms with Gasteiger partial charge in [-0.15, -0.1) is 0 Å². The zero-order chi connectivity index (χ0) is 20.8. The standard InChI is InChI=1S/C24H28INO3/c1-14-20(23(28)29-17-9-4-5-10-17)21(15-7-6-8-16(25)11-15)22-18(26-14)12-24(2,3)13-19(22)27/h6-8,11,17,21,26H,4-5,9-10,12-13H2,1-3H3/t21-/m1/s1. The number of hydrogen-bond acceptors (Lipinski definition) is 4.